The van der Waals surface area contributed by atoms with Gasteiger partial charge in [-0.15, -0.1) is 0 Å². The van der Waals surface area contributed by atoms with Gasteiger partial charge in [-0.1, -0.05) is 90.0 Å². The van der Waals surface area contributed by atoms with Gasteiger partial charge < -0.3 is 0 Å². The normalized spacial score (nSPS) is 10.7. The van der Waals surface area contributed by atoms with Gasteiger partial charge in [-0.3, -0.25) is 9.89 Å². The number of carbonyl (C=O) groups excluding carboxylic acids is 1. The Balaban J connectivity index is 1.88. The number of aromatic amines is 1. The largest absolute Gasteiger partial charge is 0.287 e. The molecule has 0 aliphatic heterocycles. The van der Waals surface area contributed by atoms with Crippen molar-refractivity contribution in [3.63, 3.8) is 0 Å². The number of nitrogens with one attached hydrogen (secondary N) is 1. The molecule has 0 amide bonds. The van der Waals surface area contributed by atoms with E-state index in [0.29, 0.717) is 11.3 Å². The highest BCUT2D eigenvalue weighted by atomic mass is 16.1. The Kier molecular flexibility index (Phi) is 4.43. The summed E-state index contributed by atoms with van der Waals surface area (Å²) in [4.78, 5) is 13.2. The summed E-state index contributed by atoms with van der Waals surface area (Å²) < 4.78 is 0. The fourth-order valence-electron chi connectivity index (χ4n) is 3.16. The van der Waals surface area contributed by atoms with E-state index in [1.807, 2.05) is 73.7 Å². The molecule has 3 nitrogen and oxygen atoms in total. The van der Waals surface area contributed by atoms with Gasteiger partial charge in [-0.25, -0.2) is 0 Å². The van der Waals surface area contributed by atoms with Gasteiger partial charge in [0.25, 0.3) is 0 Å². The fraction of sp³-hybridized carbons (Fsp3) is 0.0833. The van der Waals surface area contributed by atoms with Crippen molar-refractivity contribution >= 4 is 5.78 Å². The Hall–Kier alpha value is -3.46. The highest BCUT2D eigenvalue weighted by Crippen LogP contribution is 2.34. The second-order valence-electron chi connectivity index (χ2n) is 6.75. The summed E-state index contributed by atoms with van der Waals surface area (Å²) in [6, 6.07) is 25.7. The van der Waals surface area contributed by atoms with Crippen LogP contribution in [-0.2, 0) is 0 Å². The minimum Gasteiger partial charge on any atom is -0.287 e. The molecule has 0 saturated carbocycles. The number of carbonyl (C=O) groups is 1. The molecule has 0 fully saturated rings. The summed E-state index contributed by atoms with van der Waals surface area (Å²) >= 11 is 0. The van der Waals surface area contributed by atoms with Crippen molar-refractivity contribution < 1.29 is 4.79 Å². The first-order chi connectivity index (χ1) is 13.1. The lowest BCUT2D eigenvalue weighted by Gasteiger charge is -2.07. The molecule has 1 heterocycles. The Labute approximate surface area is 158 Å². The van der Waals surface area contributed by atoms with E-state index in [1.54, 1.807) is 0 Å². The van der Waals surface area contributed by atoms with Crippen LogP contribution >= 0.6 is 0 Å². The highest BCUT2D eigenvalue weighted by molar-refractivity contribution is 6.13. The summed E-state index contributed by atoms with van der Waals surface area (Å²) in [6.45, 7) is 4.06. The fourth-order valence-corrected chi connectivity index (χ4v) is 3.16. The molecule has 0 bridgehead atoms. The third-order valence-corrected chi connectivity index (χ3v) is 4.69. The average Bonchev–Trinajstić information content (AvgIpc) is 3.14. The van der Waals surface area contributed by atoms with Gasteiger partial charge in [0.1, 0.15) is 11.4 Å². The van der Waals surface area contributed by atoms with E-state index in [1.165, 1.54) is 5.56 Å². The van der Waals surface area contributed by atoms with Crippen molar-refractivity contribution in [1.29, 1.82) is 0 Å². The van der Waals surface area contributed by atoms with Gasteiger partial charge in [-0.2, -0.15) is 5.10 Å². The van der Waals surface area contributed by atoms with Crippen molar-refractivity contribution in [2.24, 2.45) is 0 Å². The Morgan fingerprint density at radius 1 is 0.741 bits per heavy atom. The zero-order valence-electron chi connectivity index (χ0n) is 15.4. The van der Waals surface area contributed by atoms with Crippen molar-refractivity contribution in [1.82, 2.24) is 10.2 Å². The van der Waals surface area contributed by atoms with E-state index in [0.717, 1.165) is 27.9 Å². The molecule has 0 aliphatic carbocycles. The van der Waals surface area contributed by atoms with Gasteiger partial charge in [0.05, 0.1) is 0 Å². The molecule has 0 radical (unpaired) electrons. The van der Waals surface area contributed by atoms with Crippen LogP contribution in [-0.4, -0.2) is 16.0 Å². The zero-order valence-corrected chi connectivity index (χ0v) is 15.4. The van der Waals surface area contributed by atoms with Gasteiger partial charge in [0, 0.05) is 16.7 Å². The molecule has 0 spiro atoms. The minimum atomic E-state index is -0.0558. The summed E-state index contributed by atoms with van der Waals surface area (Å²) in [5.74, 6) is -0.0558. The summed E-state index contributed by atoms with van der Waals surface area (Å²) in [5.41, 5.74) is 7.06. The maximum Gasteiger partial charge on any atom is 0.211 e. The lowest BCUT2D eigenvalue weighted by Crippen LogP contribution is -2.04. The van der Waals surface area contributed by atoms with Crippen LogP contribution in [0.3, 0.4) is 0 Å². The summed E-state index contributed by atoms with van der Waals surface area (Å²) in [6.07, 6.45) is 0. The van der Waals surface area contributed by atoms with E-state index in [-0.39, 0.29) is 5.78 Å². The maximum atomic E-state index is 13.2. The number of ketones is 1. The zero-order chi connectivity index (χ0) is 18.8. The van der Waals surface area contributed by atoms with E-state index in [9.17, 15) is 4.79 Å². The second kappa shape index (κ2) is 7.04. The lowest BCUT2D eigenvalue weighted by molar-refractivity contribution is 0.103. The quantitative estimate of drug-likeness (QED) is 0.487. The van der Waals surface area contributed by atoms with E-state index in [2.05, 4.69) is 29.3 Å². The predicted octanol–water partition coefficient (Wildman–Crippen LogP) is 5.59. The van der Waals surface area contributed by atoms with Crippen LogP contribution in [0.25, 0.3) is 22.4 Å². The van der Waals surface area contributed by atoms with Crippen molar-refractivity contribution in [3.8, 4) is 22.4 Å². The van der Waals surface area contributed by atoms with Gasteiger partial charge in [-0.05, 0) is 19.4 Å². The van der Waals surface area contributed by atoms with Crippen molar-refractivity contribution in [3.05, 3.63) is 101 Å². The SMILES string of the molecule is Cc1ccc(C(=O)c2[nH]nc(-c3ccc(C)cc3)c2-c2ccccc2)cc1. The third kappa shape index (κ3) is 3.32. The number of benzene rings is 3. The highest BCUT2D eigenvalue weighted by Gasteiger charge is 2.22. The first kappa shape index (κ1) is 17.0. The van der Waals surface area contributed by atoms with Crippen LogP contribution < -0.4 is 0 Å². The van der Waals surface area contributed by atoms with Crippen LogP contribution in [0.5, 0.6) is 0 Å². The van der Waals surface area contributed by atoms with E-state index in [4.69, 9.17) is 0 Å². The number of nitrogens with zero attached hydrogens (tertiary/aromatic N) is 1. The molecule has 1 aromatic heterocycles. The number of aryl methyl sites for hydroxylation is 2. The Morgan fingerprint density at radius 3 is 1.96 bits per heavy atom. The van der Waals surface area contributed by atoms with E-state index >= 15 is 0 Å². The number of H-pyrrole nitrogens is 1. The molecule has 0 saturated heterocycles. The van der Waals surface area contributed by atoms with Crippen LogP contribution in [0.15, 0.2) is 78.9 Å². The van der Waals surface area contributed by atoms with Crippen LogP contribution in [0.4, 0.5) is 0 Å². The molecule has 0 unspecified atom stereocenters. The molecule has 1 N–H and O–H groups in total. The Morgan fingerprint density at radius 2 is 1.33 bits per heavy atom. The molecule has 3 heteroatoms. The van der Waals surface area contributed by atoms with Crippen LogP contribution in [0.2, 0.25) is 0 Å². The third-order valence-electron chi connectivity index (χ3n) is 4.69. The minimum absolute atomic E-state index is 0.0558. The lowest BCUT2D eigenvalue weighted by atomic mass is 9.95. The molecule has 132 valence electrons. The first-order valence-electron chi connectivity index (χ1n) is 8.95. The summed E-state index contributed by atoms with van der Waals surface area (Å²) in [7, 11) is 0. The van der Waals surface area contributed by atoms with Gasteiger partial charge in [0.2, 0.25) is 5.78 Å². The molecular weight excluding hydrogens is 332 g/mol. The second-order valence-corrected chi connectivity index (χ2v) is 6.75. The predicted molar refractivity (Wildman–Crippen MR) is 109 cm³/mol. The molecule has 3 aromatic carbocycles. The average molecular weight is 352 g/mol. The molecule has 4 aromatic rings. The number of hydrogen-bond acceptors (Lipinski definition) is 2. The molecule has 0 aliphatic rings. The number of aromatic nitrogens is 2. The molecule has 0 atom stereocenters. The first-order valence-corrected chi connectivity index (χ1v) is 8.95. The maximum absolute atomic E-state index is 13.2. The van der Waals surface area contributed by atoms with E-state index < -0.39 is 0 Å². The van der Waals surface area contributed by atoms with Gasteiger partial charge in [0.15, 0.2) is 0 Å². The molecular formula is C24H20N2O. The Bertz CT molecular complexity index is 1080. The van der Waals surface area contributed by atoms with Crippen LogP contribution in [0, 0.1) is 13.8 Å². The standard InChI is InChI=1S/C24H20N2O/c1-16-8-12-19(13-9-16)22-21(18-6-4-3-5-7-18)23(26-25-22)24(27)20-14-10-17(2)11-15-20/h3-15H,1-2H3,(H,25,26). The number of hydrogen-bond donors (Lipinski definition) is 1. The topological polar surface area (TPSA) is 45.8 Å². The smallest absolute Gasteiger partial charge is 0.211 e. The van der Waals surface area contributed by atoms with Crippen molar-refractivity contribution in [2.45, 2.75) is 13.8 Å². The molecule has 27 heavy (non-hydrogen) atoms. The summed E-state index contributed by atoms with van der Waals surface area (Å²) in [5, 5.41) is 7.51. The molecule has 4 rings (SSSR count). The van der Waals surface area contributed by atoms with Crippen LogP contribution in [0.1, 0.15) is 27.2 Å². The monoisotopic (exact) mass is 352 g/mol. The van der Waals surface area contributed by atoms with Crippen molar-refractivity contribution in [2.75, 3.05) is 0 Å². The number of rotatable bonds is 4. The van der Waals surface area contributed by atoms with Gasteiger partial charge >= 0.3 is 0 Å².